The lowest BCUT2D eigenvalue weighted by molar-refractivity contribution is -0.697. The topological polar surface area (TPSA) is 110 Å². The van der Waals surface area contributed by atoms with E-state index in [2.05, 4.69) is 38.8 Å². The van der Waals surface area contributed by atoms with Gasteiger partial charge in [-0.15, -0.1) is 0 Å². The van der Waals surface area contributed by atoms with E-state index in [9.17, 15) is 14.4 Å². The lowest BCUT2D eigenvalue weighted by Crippen LogP contribution is -2.42. The molecule has 1 heterocycles. The average Bonchev–Trinajstić information content (AvgIpc) is 2.85. The first-order valence-electron chi connectivity index (χ1n) is 12.8. The summed E-state index contributed by atoms with van der Waals surface area (Å²) in [5.74, 6) is -0.192. The van der Waals surface area contributed by atoms with Crippen LogP contribution in [-0.4, -0.2) is 37.0 Å². The van der Waals surface area contributed by atoms with E-state index in [1.165, 1.54) is 6.42 Å². The van der Waals surface area contributed by atoms with Crippen molar-refractivity contribution in [3.8, 4) is 0 Å². The second kappa shape index (κ2) is 14.6. The Labute approximate surface area is 226 Å². The molecule has 1 atom stereocenters. The van der Waals surface area contributed by atoms with E-state index < -0.39 is 18.4 Å². The van der Waals surface area contributed by atoms with Crippen LogP contribution in [-0.2, 0) is 22.4 Å². The van der Waals surface area contributed by atoms with Crippen molar-refractivity contribution in [2.75, 3.05) is 11.9 Å². The van der Waals surface area contributed by atoms with E-state index in [0.29, 0.717) is 17.7 Å². The summed E-state index contributed by atoms with van der Waals surface area (Å²) in [6, 6.07) is 9.29. The second-order valence-corrected chi connectivity index (χ2v) is 10.1. The van der Waals surface area contributed by atoms with Crippen LogP contribution in [0, 0.1) is 0 Å². The normalized spacial score (nSPS) is 14.4. The monoisotopic (exact) mass is 575 g/mol. The van der Waals surface area contributed by atoms with E-state index in [1.54, 1.807) is 13.0 Å². The Balaban J connectivity index is 1.37. The Hall–Kier alpha value is -3.14. The highest BCUT2D eigenvalue weighted by atomic mass is 79.9. The highest BCUT2D eigenvalue weighted by Gasteiger charge is 2.19. The van der Waals surface area contributed by atoms with Crippen LogP contribution in [0.25, 0.3) is 0 Å². The molecule has 0 bridgehead atoms. The molecule has 1 aliphatic rings. The molecule has 1 aromatic heterocycles. The fraction of sp³-hybridized carbons (Fsp3) is 0.481. The minimum Gasteiger partial charge on any atom is -0.449 e. The van der Waals surface area contributed by atoms with Gasteiger partial charge < -0.3 is 20.1 Å². The van der Waals surface area contributed by atoms with Crippen LogP contribution in [0.2, 0.25) is 0 Å². The number of halogens is 1. The third kappa shape index (κ3) is 10.0. The van der Waals surface area contributed by atoms with Crippen molar-refractivity contribution in [2.45, 2.75) is 77.6 Å². The SMILES string of the molecule is CCC[n+]1cc(Br)cc(C(=O)Nc2ccc(CCOC(=O)NC(C)OC(=O)NC3CCCCC3)cc2)c1. The molecule has 200 valence electrons. The fourth-order valence-corrected chi connectivity index (χ4v) is 4.68. The Morgan fingerprint density at radius 3 is 2.51 bits per heavy atom. The number of amides is 3. The maximum absolute atomic E-state index is 12.7. The van der Waals surface area contributed by atoms with Crippen molar-refractivity contribution in [2.24, 2.45) is 0 Å². The van der Waals surface area contributed by atoms with Gasteiger partial charge in [0, 0.05) is 24.6 Å². The molecule has 1 fully saturated rings. The van der Waals surface area contributed by atoms with Gasteiger partial charge in [-0.3, -0.25) is 10.1 Å². The summed E-state index contributed by atoms with van der Waals surface area (Å²) in [7, 11) is 0. The van der Waals surface area contributed by atoms with Crippen molar-refractivity contribution in [3.63, 3.8) is 0 Å². The Bertz CT molecular complexity index is 1060. The van der Waals surface area contributed by atoms with Crippen LogP contribution < -0.4 is 20.5 Å². The second-order valence-electron chi connectivity index (χ2n) is 9.19. The summed E-state index contributed by atoms with van der Waals surface area (Å²) < 4.78 is 13.2. The number of hydrogen-bond donors (Lipinski definition) is 3. The third-order valence-electron chi connectivity index (χ3n) is 6.00. The van der Waals surface area contributed by atoms with Crippen molar-refractivity contribution in [3.05, 3.63) is 58.3 Å². The van der Waals surface area contributed by atoms with Crippen LogP contribution in [0.15, 0.2) is 47.2 Å². The van der Waals surface area contributed by atoms with Crippen LogP contribution >= 0.6 is 15.9 Å². The first-order valence-corrected chi connectivity index (χ1v) is 13.6. The molecule has 9 nitrogen and oxygen atoms in total. The largest absolute Gasteiger partial charge is 0.449 e. The van der Waals surface area contributed by atoms with Crippen molar-refractivity contribution >= 4 is 39.7 Å². The van der Waals surface area contributed by atoms with Gasteiger partial charge in [0.25, 0.3) is 5.91 Å². The van der Waals surface area contributed by atoms with Gasteiger partial charge in [0.05, 0.1) is 11.1 Å². The van der Waals surface area contributed by atoms with Crippen molar-refractivity contribution in [1.29, 1.82) is 0 Å². The van der Waals surface area contributed by atoms with Crippen LogP contribution in [0.3, 0.4) is 0 Å². The maximum atomic E-state index is 12.7. The molecule has 2 aromatic rings. The number of hydrogen-bond acceptors (Lipinski definition) is 5. The summed E-state index contributed by atoms with van der Waals surface area (Å²) in [5, 5.41) is 8.24. The molecular weight excluding hydrogens is 540 g/mol. The maximum Gasteiger partial charge on any atom is 0.409 e. The number of alkyl carbamates (subject to hydrolysis) is 2. The molecule has 0 aliphatic heterocycles. The van der Waals surface area contributed by atoms with Gasteiger partial charge in [0.1, 0.15) is 12.1 Å². The molecule has 0 radical (unpaired) electrons. The zero-order valence-electron chi connectivity index (χ0n) is 21.4. The molecule has 1 saturated carbocycles. The average molecular weight is 577 g/mol. The molecule has 37 heavy (non-hydrogen) atoms. The van der Waals surface area contributed by atoms with Crippen LogP contribution in [0.1, 0.15) is 68.3 Å². The Morgan fingerprint density at radius 2 is 1.81 bits per heavy atom. The number of ether oxygens (including phenoxy) is 2. The lowest BCUT2D eigenvalue weighted by Gasteiger charge is -2.23. The van der Waals surface area contributed by atoms with E-state index in [1.807, 2.05) is 41.2 Å². The quantitative estimate of drug-likeness (QED) is 0.270. The summed E-state index contributed by atoms with van der Waals surface area (Å²) in [6.07, 6.45) is 8.57. The summed E-state index contributed by atoms with van der Waals surface area (Å²) in [6.45, 7) is 4.65. The zero-order chi connectivity index (χ0) is 26.6. The molecular formula is C27H36BrN4O5+. The predicted octanol–water partition coefficient (Wildman–Crippen LogP) is 5.07. The number of nitrogens with one attached hydrogen (secondary N) is 3. The highest BCUT2D eigenvalue weighted by molar-refractivity contribution is 9.10. The molecule has 3 N–H and O–H groups in total. The molecule has 1 aromatic carbocycles. The predicted molar refractivity (Wildman–Crippen MR) is 143 cm³/mol. The van der Waals surface area contributed by atoms with E-state index in [0.717, 1.165) is 48.7 Å². The number of aromatic nitrogens is 1. The number of pyridine rings is 1. The number of carbonyl (C=O) groups is 3. The van der Waals surface area contributed by atoms with Gasteiger partial charge in [-0.1, -0.05) is 38.3 Å². The Morgan fingerprint density at radius 1 is 1.08 bits per heavy atom. The molecule has 3 rings (SSSR count). The number of rotatable bonds is 10. The van der Waals surface area contributed by atoms with Gasteiger partial charge in [-0.25, -0.2) is 14.2 Å². The third-order valence-corrected chi connectivity index (χ3v) is 6.43. The smallest absolute Gasteiger partial charge is 0.409 e. The van der Waals surface area contributed by atoms with Crippen LogP contribution in [0.5, 0.6) is 0 Å². The molecule has 1 aliphatic carbocycles. The molecule has 10 heteroatoms. The van der Waals surface area contributed by atoms with Gasteiger partial charge >= 0.3 is 12.2 Å². The van der Waals surface area contributed by atoms with Gasteiger partial charge in [-0.05, 0) is 59.5 Å². The number of carbonyl (C=O) groups excluding carboxylic acids is 3. The van der Waals surface area contributed by atoms with Gasteiger partial charge in [0.15, 0.2) is 18.6 Å². The minimum atomic E-state index is -0.805. The molecule has 1 unspecified atom stereocenters. The fourth-order valence-electron chi connectivity index (χ4n) is 4.17. The summed E-state index contributed by atoms with van der Waals surface area (Å²) in [5.41, 5.74) is 2.19. The number of benzene rings is 1. The molecule has 0 spiro atoms. The van der Waals surface area contributed by atoms with Gasteiger partial charge in [-0.2, -0.15) is 0 Å². The number of nitrogens with zero attached hydrogens (tertiary/aromatic N) is 1. The number of aryl methyl sites for hydroxylation is 1. The minimum absolute atomic E-state index is 0.137. The van der Waals surface area contributed by atoms with Crippen molar-refractivity contribution in [1.82, 2.24) is 10.6 Å². The first-order chi connectivity index (χ1) is 17.8. The van der Waals surface area contributed by atoms with Crippen LogP contribution in [0.4, 0.5) is 15.3 Å². The summed E-state index contributed by atoms with van der Waals surface area (Å²) >= 11 is 3.46. The highest BCUT2D eigenvalue weighted by Crippen LogP contribution is 2.17. The standard InChI is InChI=1S/C27H35BrN4O5/c1-3-14-32-17-21(16-22(28)18-32)25(33)30-24-11-9-20(10-12-24)13-15-36-26(34)29-19(2)37-27(35)31-23-7-5-4-6-8-23/h9-12,16-19,23H,3-8,13-15H2,1-2H3,(H2-,29,30,31,33,34,35)/p+1. The van der Waals surface area contributed by atoms with Gasteiger partial charge in [0.2, 0.25) is 0 Å². The Kier molecular flexibility index (Phi) is 11.2. The first kappa shape index (κ1) is 28.4. The molecule has 3 amide bonds. The van der Waals surface area contributed by atoms with E-state index in [4.69, 9.17) is 9.47 Å². The number of anilines is 1. The lowest BCUT2D eigenvalue weighted by atomic mass is 9.96. The van der Waals surface area contributed by atoms with Crippen molar-refractivity contribution < 1.29 is 28.4 Å². The zero-order valence-corrected chi connectivity index (χ0v) is 23.0. The molecule has 0 saturated heterocycles. The van der Waals surface area contributed by atoms with E-state index in [-0.39, 0.29) is 18.6 Å². The summed E-state index contributed by atoms with van der Waals surface area (Å²) in [4.78, 5) is 36.7. The van der Waals surface area contributed by atoms with E-state index >= 15 is 0 Å².